The molecular formula is C23H28N4O. The molecular weight excluding hydrogens is 348 g/mol. The Labute approximate surface area is 166 Å². The monoisotopic (exact) mass is 376 g/mol. The van der Waals surface area contributed by atoms with Gasteiger partial charge >= 0.3 is 0 Å². The Bertz CT molecular complexity index is 882. The maximum atomic E-state index is 12.6. The number of hydrogen-bond acceptors (Lipinski definition) is 3. The van der Waals surface area contributed by atoms with Gasteiger partial charge in [0, 0.05) is 12.1 Å². The van der Waals surface area contributed by atoms with Crippen molar-refractivity contribution in [3.05, 3.63) is 77.7 Å². The molecule has 0 saturated heterocycles. The molecule has 1 atom stereocenters. The zero-order chi connectivity index (χ0) is 19.9. The Balaban J connectivity index is 1.62. The fourth-order valence-corrected chi connectivity index (χ4v) is 3.14. The lowest BCUT2D eigenvalue weighted by atomic mass is 10.1. The molecule has 0 fully saturated rings. The van der Waals surface area contributed by atoms with Crippen molar-refractivity contribution >= 4 is 5.91 Å². The van der Waals surface area contributed by atoms with Crippen LogP contribution in [-0.2, 0) is 6.54 Å². The average Bonchev–Trinajstić information content (AvgIpc) is 3.23. The molecule has 146 valence electrons. The molecule has 0 bridgehead atoms. The molecule has 0 aliphatic heterocycles. The van der Waals surface area contributed by atoms with Gasteiger partial charge < -0.3 is 10.3 Å². The van der Waals surface area contributed by atoms with Crippen LogP contribution in [0.25, 0.3) is 11.3 Å². The van der Waals surface area contributed by atoms with E-state index in [4.69, 9.17) is 0 Å². The number of carbonyl (C=O) groups is 1. The summed E-state index contributed by atoms with van der Waals surface area (Å²) in [5.41, 5.74) is 3.89. The largest absolute Gasteiger partial charge is 0.342 e. The number of nitrogens with zero attached hydrogens (tertiary/aromatic N) is 2. The van der Waals surface area contributed by atoms with Gasteiger partial charge in [0.25, 0.3) is 5.91 Å². The zero-order valence-electron chi connectivity index (χ0n) is 16.8. The summed E-state index contributed by atoms with van der Waals surface area (Å²) in [6.45, 7) is 9.18. The molecule has 1 aromatic heterocycles. The molecule has 1 unspecified atom stereocenters. The van der Waals surface area contributed by atoms with E-state index in [1.807, 2.05) is 61.5 Å². The maximum absolute atomic E-state index is 12.6. The molecule has 3 rings (SSSR count). The fraction of sp³-hybridized carbons (Fsp3) is 0.304. The van der Waals surface area contributed by atoms with Gasteiger partial charge in [-0.1, -0.05) is 56.3 Å². The number of amides is 1. The van der Waals surface area contributed by atoms with E-state index >= 15 is 0 Å². The number of imidazole rings is 1. The maximum Gasteiger partial charge on any atom is 0.251 e. The predicted molar refractivity (Wildman–Crippen MR) is 113 cm³/mol. The standard InChI is InChI=1S/C23H28N4O/c1-4-27(5-2)16-18-11-13-20(14-12-18)23(28)25-17(3)22-24-15-21(26-22)19-9-7-6-8-10-19/h6-15,17H,4-5,16H2,1-3H3,(H,24,26)(H,25,28). The normalized spacial score (nSPS) is 12.1. The van der Waals surface area contributed by atoms with E-state index in [9.17, 15) is 4.79 Å². The lowest BCUT2D eigenvalue weighted by Crippen LogP contribution is -2.27. The van der Waals surface area contributed by atoms with Crippen LogP contribution in [0.3, 0.4) is 0 Å². The number of rotatable bonds is 8. The molecule has 0 aliphatic rings. The third kappa shape index (κ3) is 4.87. The van der Waals surface area contributed by atoms with Crippen LogP contribution >= 0.6 is 0 Å². The number of H-pyrrole nitrogens is 1. The van der Waals surface area contributed by atoms with Crippen molar-refractivity contribution < 1.29 is 4.79 Å². The van der Waals surface area contributed by atoms with Crippen LogP contribution in [-0.4, -0.2) is 33.9 Å². The molecule has 0 radical (unpaired) electrons. The van der Waals surface area contributed by atoms with Gasteiger partial charge in [-0.15, -0.1) is 0 Å². The average molecular weight is 377 g/mol. The second kappa shape index (κ2) is 9.33. The van der Waals surface area contributed by atoms with Crippen LogP contribution in [0.2, 0.25) is 0 Å². The smallest absolute Gasteiger partial charge is 0.251 e. The number of nitrogens with one attached hydrogen (secondary N) is 2. The molecule has 2 aromatic carbocycles. The first-order valence-corrected chi connectivity index (χ1v) is 9.83. The van der Waals surface area contributed by atoms with E-state index in [-0.39, 0.29) is 11.9 Å². The molecule has 2 N–H and O–H groups in total. The van der Waals surface area contributed by atoms with Crippen LogP contribution in [0.4, 0.5) is 0 Å². The van der Waals surface area contributed by atoms with Gasteiger partial charge in [0.1, 0.15) is 5.82 Å². The van der Waals surface area contributed by atoms with Crippen molar-refractivity contribution in [2.24, 2.45) is 0 Å². The Hall–Kier alpha value is -2.92. The van der Waals surface area contributed by atoms with Crippen LogP contribution in [0.5, 0.6) is 0 Å². The first-order chi connectivity index (χ1) is 13.6. The summed E-state index contributed by atoms with van der Waals surface area (Å²) in [4.78, 5) is 22.7. The second-order valence-corrected chi connectivity index (χ2v) is 6.90. The second-order valence-electron chi connectivity index (χ2n) is 6.90. The molecule has 5 heteroatoms. The van der Waals surface area contributed by atoms with Gasteiger partial charge in [0.15, 0.2) is 0 Å². The highest BCUT2D eigenvalue weighted by molar-refractivity contribution is 5.94. The van der Waals surface area contributed by atoms with E-state index in [0.29, 0.717) is 5.56 Å². The summed E-state index contributed by atoms with van der Waals surface area (Å²) in [6.07, 6.45) is 1.80. The van der Waals surface area contributed by atoms with Gasteiger partial charge in [0.05, 0.1) is 17.9 Å². The Morgan fingerprint density at radius 3 is 2.39 bits per heavy atom. The number of aromatic nitrogens is 2. The number of aromatic amines is 1. The molecule has 5 nitrogen and oxygen atoms in total. The van der Waals surface area contributed by atoms with Gasteiger partial charge in [-0.05, 0) is 43.3 Å². The molecule has 1 amide bonds. The Kier molecular flexibility index (Phi) is 6.61. The van der Waals surface area contributed by atoms with Crippen molar-refractivity contribution in [3.63, 3.8) is 0 Å². The highest BCUT2D eigenvalue weighted by Crippen LogP contribution is 2.19. The first kappa shape index (κ1) is 19.8. The van der Waals surface area contributed by atoms with Crippen LogP contribution in [0.1, 0.15) is 48.6 Å². The molecule has 1 heterocycles. The van der Waals surface area contributed by atoms with Crippen LogP contribution in [0.15, 0.2) is 60.8 Å². The summed E-state index contributed by atoms with van der Waals surface area (Å²) < 4.78 is 0. The molecule has 3 aromatic rings. The first-order valence-electron chi connectivity index (χ1n) is 9.83. The van der Waals surface area contributed by atoms with E-state index in [1.165, 1.54) is 5.56 Å². The summed E-state index contributed by atoms with van der Waals surface area (Å²) in [5, 5.41) is 3.02. The number of benzene rings is 2. The SMILES string of the molecule is CCN(CC)Cc1ccc(C(=O)NC(C)c2ncc(-c3ccccc3)[nH]2)cc1. The van der Waals surface area contributed by atoms with Crippen LogP contribution < -0.4 is 5.32 Å². The van der Waals surface area contributed by atoms with Gasteiger partial charge in [-0.25, -0.2) is 4.98 Å². The van der Waals surface area contributed by atoms with Crippen LogP contribution in [0, 0.1) is 0 Å². The molecule has 0 aliphatic carbocycles. The minimum atomic E-state index is -0.208. The Morgan fingerprint density at radius 2 is 1.75 bits per heavy atom. The topological polar surface area (TPSA) is 61.0 Å². The third-order valence-corrected chi connectivity index (χ3v) is 4.95. The van der Waals surface area contributed by atoms with E-state index in [0.717, 1.165) is 36.7 Å². The summed E-state index contributed by atoms with van der Waals surface area (Å²) in [5.74, 6) is 0.643. The molecule has 28 heavy (non-hydrogen) atoms. The summed E-state index contributed by atoms with van der Waals surface area (Å²) >= 11 is 0. The highest BCUT2D eigenvalue weighted by Gasteiger charge is 2.15. The lowest BCUT2D eigenvalue weighted by molar-refractivity contribution is 0.0938. The van der Waals surface area contributed by atoms with E-state index < -0.39 is 0 Å². The van der Waals surface area contributed by atoms with Crippen molar-refractivity contribution in [2.45, 2.75) is 33.4 Å². The minimum absolute atomic E-state index is 0.0976. The summed E-state index contributed by atoms with van der Waals surface area (Å²) in [6, 6.07) is 17.6. The van der Waals surface area contributed by atoms with E-state index in [1.54, 1.807) is 6.20 Å². The van der Waals surface area contributed by atoms with E-state index in [2.05, 4.69) is 34.0 Å². The molecule has 0 saturated carbocycles. The van der Waals surface area contributed by atoms with Crippen molar-refractivity contribution in [1.29, 1.82) is 0 Å². The zero-order valence-corrected chi connectivity index (χ0v) is 16.8. The van der Waals surface area contributed by atoms with Crippen molar-refractivity contribution in [2.75, 3.05) is 13.1 Å². The Morgan fingerprint density at radius 1 is 1.07 bits per heavy atom. The predicted octanol–water partition coefficient (Wildman–Crippen LogP) is 4.41. The highest BCUT2D eigenvalue weighted by atomic mass is 16.1. The number of hydrogen-bond donors (Lipinski definition) is 2. The third-order valence-electron chi connectivity index (χ3n) is 4.95. The lowest BCUT2D eigenvalue weighted by Gasteiger charge is -2.18. The minimum Gasteiger partial charge on any atom is -0.342 e. The van der Waals surface area contributed by atoms with Gasteiger partial charge in [-0.3, -0.25) is 9.69 Å². The number of carbonyl (C=O) groups excluding carboxylic acids is 1. The summed E-state index contributed by atoms with van der Waals surface area (Å²) in [7, 11) is 0. The van der Waals surface area contributed by atoms with Gasteiger partial charge in [-0.2, -0.15) is 0 Å². The fourth-order valence-electron chi connectivity index (χ4n) is 3.14. The van der Waals surface area contributed by atoms with Crippen molar-refractivity contribution in [1.82, 2.24) is 20.2 Å². The van der Waals surface area contributed by atoms with Crippen molar-refractivity contribution in [3.8, 4) is 11.3 Å². The van der Waals surface area contributed by atoms with Gasteiger partial charge in [0.2, 0.25) is 0 Å². The quantitative estimate of drug-likeness (QED) is 0.612. The molecule has 0 spiro atoms.